The van der Waals surface area contributed by atoms with Crippen LogP contribution in [0.4, 0.5) is 10.5 Å². The van der Waals surface area contributed by atoms with Gasteiger partial charge < -0.3 is 0 Å². The lowest BCUT2D eigenvalue weighted by Gasteiger charge is -2.25. The lowest BCUT2D eigenvalue weighted by atomic mass is 10.1. The third-order valence-corrected chi connectivity index (χ3v) is 2.49. The van der Waals surface area contributed by atoms with Gasteiger partial charge in [-0.05, 0) is 18.1 Å². The number of hydrogen-bond acceptors (Lipinski definition) is 2. The van der Waals surface area contributed by atoms with E-state index >= 15 is 0 Å². The molecule has 0 spiro atoms. The van der Waals surface area contributed by atoms with Crippen LogP contribution in [0.2, 0.25) is 0 Å². The van der Waals surface area contributed by atoms with Crippen LogP contribution < -0.4 is 15.8 Å². The van der Waals surface area contributed by atoms with Crippen molar-refractivity contribution in [1.82, 2.24) is 10.9 Å². The molecule has 1 aromatic carbocycles. The lowest BCUT2D eigenvalue weighted by Crippen LogP contribution is -2.41. The van der Waals surface area contributed by atoms with Crippen molar-refractivity contribution < 1.29 is 4.79 Å². The Morgan fingerprint density at radius 2 is 1.93 bits per heavy atom. The standard InChI is InChI=1S/C11H15N3O/c1-8(2)10-12-13-11(15)14(10)9-6-4-3-5-7-9/h3-8,10,12H,1-2H3,(H,13,15). The Morgan fingerprint density at radius 1 is 1.27 bits per heavy atom. The van der Waals surface area contributed by atoms with E-state index in [9.17, 15) is 4.79 Å². The van der Waals surface area contributed by atoms with Crippen molar-refractivity contribution in [2.24, 2.45) is 5.92 Å². The fraction of sp³-hybridized carbons (Fsp3) is 0.364. The Labute approximate surface area is 89.2 Å². The summed E-state index contributed by atoms with van der Waals surface area (Å²) in [6, 6.07) is 9.57. The first-order valence-corrected chi connectivity index (χ1v) is 5.10. The van der Waals surface area contributed by atoms with Gasteiger partial charge in [-0.1, -0.05) is 32.0 Å². The van der Waals surface area contributed by atoms with Gasteiger partial charge in [-0.15, -0.1) is 0 Å². The van der Waals surface area contributed by atoms with Gasteiger partial charge in [0.15, 0.2) is 0 Å². The zero-order valence-corrected chi connectivity index (χ0v) is 8.90. The largest absolute Gasteiger partial charge is 0.337 e. The number of nitrogens with zero attached hydrogens (tertiary/aromatic N) is 1. The highest BCUT2D eigenvalue weighted by molar-refractivity contribution is 5.94. The van der Waals surface area contributed by atoms with Gasteiger partial charge in [0, 0.05) is 5.69 Å². The van der Waals surface area contributed by atoms with Crippen molar-refractivity contribution in [3.63, 3.8) is 0 Å². The first-order chi connectivity index (χ1) is 7.20. The number of hydrazine groups is 1. The first kappa shape index (κ1) is 9.98. The molecule has 4 nitrogen and oxygen atoms in total. The van der Waals surface area contributed by atoms with E-state index in [2.05, 4.69) is 24.7 Å². The van der Waals surface area contributed by atoms with Gasteiger partial charge >= 0.3 is 6.03 Å². The highest BCUT2D eigenvalue weighted by atomic mass is 16.2. The highest BCUT2D eigenvalue weighted by Gasteiger charge is 2.33. The minimum Gasteiger partial charge on any atom is -0.276 e. The van der Waals surface area contributed by atoms with Gasteiger partial charge in [-0.25, -0.2) is 10.2 Å². The molecule has 2 N–H and O–H groups in total. The first-order valence-electron chi connectivity index (χ1n) is 5.10. The molecule has 4 heteroatoms. The summed E-state index contributed by atoms with van der Waals surface area (Å²) in [6.07, 6.45) is 0.0138. The van der Waals surface area contributed by atoms with Gasteiger partial charge in [-0.3, -0.25) is 10.3 Å². The van der Waals surface area contributed by atoms with E-state index in [0.29, 0.717) is 5.92 Å². The number of rotatable bonds is 2. The molecule has 1 aliphatic rings. The molecule has 0 radical (unpaired) electrons. The van der Waals surface area contributed by atoms with Crippen LogP contribution in [0, 0.1) is 5.92 Å². The van der Waals surface area contributed by atoms with Gasteiger partial charge in [-0.2, -0.15) is 0 Å². The van der Waals surface area contributed by atoms with Crippen LogP contribution in [0.3, 0.4) is 0 Å². The second-order valence-corrected chi connectivity index (χ2v) is 3.97. The average molecular weight is 205 g/mol. The number of amides is 2. The van der Waals surface area contributed by atoms with Crippen molar-refractivity contribution in [3.05, 3.63) is 30.3 Å². The molecule has 1 aromatic rings. The summed E-state index contributed by atoms with van der Waals surface area (Å²) in [6.45, 7) is 4.15. The van der Waals surface area contributed by atoms with E-state index in [0.717, 1.165) is 5.69 Å². The number of carbonyl (C=O) groups is 1. The molecule has 1 heterocycles. The normalized spacial score (nSPS) is 20.9. The maximum absolute atomic E-state index is 11.6. The SMILES string of the molecule is CC(C)C1NNC(=O)N1c1ccccc1. The molecule has 0 aromatic heterocycles. The number of carbonyl (C=O) groups excluding carboxylic acids is 1. The lowest BCUT2D eigenvalue weighted by molar-refractivity contribution is 0.250. The second-order valence-electron chi connectivity index (χ2n) is 3.97. The minimum absolute atomic E-state index is 0.0138. The fourth-order valence-corrected chi connectivity index (χ4v) is 1.72. The summed E-state index contributed by atoms with van der Waals surface area (Å²) in [5.41, 5.74) is 6.53. The molecule has 0 saturated carbocycles. The molecule has 80 valence electrons. The van der Waals surface area contributed by atoms with Crippen LogP contribution in [-0.4, -0.2) is 12.2 Å². The Kier molecular flexibility index (Phi) is 2.60. The number of nitrogens with one attached hydrogen (secondary N) is 2. The van der Waals surface area contributed by atoms with Crippen molar-refractivity contribution in [2.45, 2.75) is 20.0 Å². The zero-order valence-electron chi connectivity index (χ0n) is 8.90. The van der Waals surface area contributed by atoms with E-state index < -0.39 is 0 Å². The molecule has 0 bridgehead atoms. The third kappa shape index (κ3) is 1.80. The van der Waals surface area contributed by atoms with Crippen LogP contribution in [0.1, 0.15) is 13.8 Å². The molecule has 0 aliphatic carbocycles. The van der Waals surface area contributed by atoms with Crippen LogP contribution >= 0.6 is 0 Å². The highest BCUT2D eigenvalue weighted by Crippen LogP contribution is 2.21. The number of hydrogen-bond donors (Lipinski definition) is 2. The summed E-state index contributed by atoms with van der Waals surface area (Å²) < 4.78 is 0. The Balaban J connectivity index is 2.29. The van der Waals surface area contributed by atoms with Crippen LogP contribution in [-0.2, 0) is 0 Å². The predicted octanol–water partition coefficient (Wildman–Crippen LogP) is 1.70. The number of para-hydroxylation sites is 1. The zero-order chi connectivity index (χ0) is 10.8. The molecule has 2 amide bonds. The van der Waals surface area contributed by atoms with Gasteiger partial charge in [0.05, 0.1) is 0 Å². The van der Waals surface area contributed by atoms with Crippen molar-refractivity contribution in [3.8, 4) is 0 Å². The maximum Gasteiger partial charge on any atom is 0.337 e. The van der Waals surface area contributed by atoms with Gasteiger partial charge in [0.1, 0.15) is 6.17 Å². The molecular weight excluding hydrogens is 190 g/mol. The fourth-order valence-electron chi connectivity index (χ4n) is 1.72. The topological polar surface area (TPSA) is 44.4 Å². The monoisotopic (exact) mass is 205 g/mol. The van der Waals surface area contributed by atoms with E-state index in [-0.39, 0.29) is 12.2 Å². The molecular formula is C11H15N3O. The number of urea groups is 1. The summed E-state index contributed by atoms with van der Waals surface area (Å²) in [5, 5.41) is 0. The Morgan fingerprint density at radius 3 is 2.53 bits per heavy atom. The second kappa shape index (κ2) is 3.90. The minimum atomic E-state index is -0.0973. The van der Waals surface area contributed by atoms with Crippen molar-refractivity contribution in [1.29, 1.82) is 0 Å². The maximum atomic E-state index is 11.6. The van der Waals surface area contributed by atoms with Crippen LogP contribution in [0.25, 0.3) is 0 Å². The molecule has 1 fully saturated rings. The van der Waals surface area contributed by atoms with E-state index in [4.69, 9.17) is 0 Å². The average Bonchev–Trinajstić information content (AvgIpc) is 2.61. The molecule has 1 saturated heterocycles. The van der Waals surface area contributed by atoms with Crippen molar-refractivity contribution in [2.75, 3.05) is 4.90 Å². The van der Waals surface area contributed by atoms with Crippen LogP contribution in [0.5, 0.6) is 0 Å². The summed E-state index contributed by atoms with van der Waals surface area (Å²) in [4.78, 5) is 13.4. The summed E-state index contributed by atoms with van der Waals surface area (Å²) in [5.74, 6) is 0.351. The number of anilines is 1. The van der Waals surface area contributed by atoms with E-state index in [1.807, 2.05) is 30.3 Å². The third-order valence-electron chi connectivity index (χ3n) is 2.49. The Hall–Kier alpha value is -1.55. The van der Waals surface area contributed by atoms with Crippen LogP contribution in [0.15, 0.2) is 30.3 Å². The molecule has 1 unspecified atom stereocenters. The molecule has 2 rings (SSSR count). The molecule has 15 heavy (non-hydrogen) atoms. The van der Waals surface area contributed by atoms with E-state index in [1.165, 1.54) is 0 Å². The molecule has 1 aliphatic heterocycles. The van der Waals surface area contributed by atoms with Gasteiger partial charge in [0.2, 0.25) is 0 Å². The predicted molar refractivity (Wildman–Crippen MR) is 59.2 cm³/mol. The number of benzene rings is 1. The molecule has 1 atom stereocenters. The van der Waals surface area contributed by atoms with E-state index in [1.54, 1.807) is 4.90 Å². The quantitative estimate of drug-likeness (QED) is 0.772. The Bertz CT molecular complexity index is 350. The summed E-state index contributed by atoms with van der Waals surface area (Å²) >= 11 is 0. The van der Waals surface area contributed by atoms with Crippen molar-refractivity contribution >= 4 is 11.7 Å². The smallest absolute Gasteiger partial charge is 0.276 e. The van der Waals surface area contributed by atoms with Gasteiger partial charge in [0.25, 0.3) is 0 Å². The summed E-state index contributed by atoms with van der Waals surface area (Å²) in [7, 11) is 0.